The third-order valence-corrected chi connectivity index (χ3v) is 4.82. The average Bonchev–Trinajstić information content (AvgIpc) is 3.28. The molecule has 0 bridgehead atoms. The van der Waals surface area contributed by atoms with Crippen molar-refractivity contribution in [1.82, 2.24) is 4.72 Å². The van der Waals surface area contributed by atoms with E-state index in [9.17, 15) is 18.5 Å². The van der Waals surface area contributed by atoms with Crippen molar-refractivity contribution in [1.29, 1.82) is 0 Å². The predicted molar refractivity (Wildman–Crippen MR) is 75.5 cm³/mol. The number of nitrogens with two attached hydrogens (primary N) is 1. The molecule has 0 aliphatic heterocycles. The summed E-state index contributed by atoms with van der Waals surface area (Å²) in [5, 5.41) is 10.8. The van der Waals surface area contributed by atoms with Crippen LogP contribution in [0.15, 0.2) is 23.1 Å². The van der Waals surface area contributed by atoms with Crippen molar-refractivity contribution < 1.29 is 18.1 Å². The lowest BCUT2D eigenvalue weighted by Crippen LogP contribution is -2.38. The van der Waals surface area contributed by atoms with Crippen LogP contribution in [-0.2, 0) is 10.0 Å². The van der Waals surface area contributed by atoms with Gasteiger partial charge in [-0.3, -0.25) is 10.1 Å². The highest BCUT2D eigenvalue weighted by molar-refractivity contribution is 7.89. The molecule has 1 aromatic carbocycles. The fourth-order valence-electron chi connectivity index (χ4n) is 1.96. The van der Waals surface area contributed by atoms with Gasteiger partial charge in [-0.25, -0.2) is 13.1 Å². The highest BCUT2D eigenvalue weighted by Gasteiger charge is 2.29. The van der Waals surface area contributed by atoms with Gasteiger partial charge in [0.1, 0.15) is 0 Å². The molecule has 1 unspecified atom stereocenters. The predicted octanol–water partition coefficient (Wildman–Crippen LogP) is 0.619. The first kappa shape index (κ1) is 15.7. The minimum atomic E-state index is -3.77. The summed E-state index contributed by atoms with van der Waals surface area (Å²) >= 11 is 0. The Labute approximate surface area is 122 Å². The first-order chi connectivity index (χ1) is 9.85. The SMILES string of the molecule is COc1cc(S(=O)(=O)NCC(N)C2CC2)ccc1[N+](=O)[O-]. The van der Waals surface area contributed by atoms with Crippen LogP contribution in [0.25, 0.3) is 0 Å². The Morgan fingerprint density at radius 2 is 2.19 bits per heavy atom. The van der Waals surface area contributed by atoms with E-state index in [1.807, 2.05) is 0 Å². The molecule has 0 amide bonds. The molecule has 0 saturated heterocycles. The lowest BCUT2D eigenvalue weighted by atomic mass is 10.2. The van der Waals surface area contributed by atoms with Crippen LogP contribution >= 0.6 is 0 Å². The van der Waals surface area contributed by atoms with Gasteiger partial charge >= 0.3 is 5.69 Å². The van der Waals surface area contributed by atoms with Crippen molar-refractivity contribution >= 4 is 15.7 Å². The van der Waals surface area contributed by atoms with E-state index >= 15 is 0 Å². The standard InChI is InChI=1S/C12H17N3O5S/c1-20-12-6-9(4-5-11(12)15(16)17)21(18,19)14-7-10(13)8-2-3-8/h4-6,8,10,14H,2-3,7,13H2,1H3. The van der Waals surface area contributed by atoms with Crippen LogP contribution in [0.5, 0.6) is 5.75 Å². The largest absolute Gasteiger partial charge is 0.490 e. The van der Waals surface area contributed by atoms with Crippen molar-refractivity contribution in [3.8, 4) is 5.75 Å². The van der Waals surface area contributed by atoms with E-state index in [-0.39, 0.29) is 28.9 Å². The molecule has 0 aromatic heterocycles. The van der Waals surface area contributed by atoms with Gasteiger partial charge in [0.05, 0.1) is 16.9 Å². The molecule has 21 heavy (non-hydrogen) atoms. The molecule has 116 valence electrons. The zero-order valence-electron chi connectivity index (χ0n) is 11.5. The van der Waals surface area contributed by atoms with Crippen LogP contribution in [0.2, 0.25) is 0 Å². The molecule has 0 heterocycles. The average molecular weight is 315 g/mol. The Balaban J connectivity index is 2.17. The van der Waals surface area contributed by atoms with Crippen molar-refractivity contribution in [3.63, 3.8) is 0 Å². The second-order valence-corrected chi connectivity index (χ2v) is 6.71. The van der Waals surface area contributed by atoms with E-state index in [1.165, 1.54) is 13.2 Å². The number of benzene rings is 1. The number of methoxy groups -OCH3 is 1. The fraction of sp³-hybridized carbons (Fsp3) is 0.500. The molecule has 0 radical (unpaired) electrons. The van der Waals surface area contributed by atoms with E-state index in [2.05, 4.69) is 4.72 Å². The normalized spacial score (nSPS) is 16.5. The van der Waals surface area contributed by atoms with Crippen LogP contribution in [-0.4, -0.2) is 33.0 Å². The van der Waals surface area contributed by atoms with E-state index in [0.717, 1.165) is 25.0 Å². The van der Waals surface area contributed by atoms with Gasteiger partial charge in [-0.1, -0.05) is 0 Å². The van der Waals surface area contributed by atoms with Gasteiger partial charge in [-0.2, -0.15) is 0 Å². The molecule has 2 rings (SSSR count). The Morgan fingerprint density at radius 1 is 1.52 bits per heavy atom. The van der Waals surface area contributed by atoms with Crippen LogP contribution in [0.3, 0.4) is 0 Å². The van der Waals surface area contributed by atoms with Gasteiger partial charge in [0.2, 0.25) is 10.0 Å². The summed E-state index contributed by atoms with van der Waals surface area (Å²) in [6, 6.07) is 3.20. The van der Waals surface area contributed by atoms with Crippen LogP contribution in [0, 0.1) is 16.0 Å². The Hall–Kier alpha value is -1.71. The maximum atomic E-state index is 12.1. The van der Waals surface area contributed by atoms with Crippen molar-refractivity contribution in [3.05, 3.63) is 28.3 Å². The van der Waals surface area contributed by atoms with E-state index in [0.29, 0.717) is 5.92 Å². The second kappa shape index (κ2) is 5.96. The molecular weight excluding hydrogens is 298 g/mol. The quantitative estimate of drug-likeness (QED) is 0.561. The van der Waals surface area contributed by atoms with Crippen LogP contribution in [0.4, 0.5) is 5.69 Å². The third-order valence-electron chi connectivity index (χ3n) is 3.39. The number of nitro benzene ring substituents is 1. The van der Waals surface area contributed by atoms with Crippen molar-refractivity contribution in [2.45, 2.75) is 23.8 Å². The monoisotopic (exact) mass is 315 g/mol. The Bertz CT molecular complexity index is 642. The highest BCUT2D eigenvalue weighted by Crippen LogP contribution is 2.32. The fourth-order valence-corrected chi connectivity index (χ4v) is 3.04. The summed E-state index contributed by atoms with van der Waals surface area (Å²) in [5.41, 5.74) is 5.56. The lowest BCUT2D eigenvalue weighted by Gasteiger charge is -2.12. The molecular formula is C12H17N3O5S. The summed E-state index contributed by atoms with van der Waals surface area (Å²) < 4.78 is 31.5. The summed E-state index contributed by atoms with van der Waals surface area (Å²) in [6.07, 6.45) is 2.04. The van der Waals surface area contributed by atoms with Gasteiger partial charge in [0.15, 0.2) is 5.75 Å². The molecule has 1 atom stereocenters. The topological polar surface area (TPSA) is 125 Å². The first-order valence-corrected chi connectivity index (χ1v) is 7.91. The molecule has 1 saturated carbocycles. The molecule has 1 aromatic rings. The number of nitrogens with zero attached hydrogens (tertiary/aromatic N) is 1. The summed E-state index contributed by atoms with van der Waals surface area (Å²) in [4.78, 5) is 10.1. The number of hydrogen-bond acceptors (Lipinski definition) is 6. The summed E-state index contributed by atoms with van der Waals surface area (Å²) in [7, 11) is -2.52. The van der Waals surface area contributed by atoms with Gasteiger partial charge < -0.3 is 10.5 Å². The number of nitro groups is 1. The molecule has 1 aliphatic carbocycles. The Morgan fingerprint density at radius 3 is 2.71 bits per heavy atom. The van der Waals surface area contributed by atoms with Gasteiger partial charge in [-0.15, -0.1) is 0 Å². The smallest absolute Gasteiger partial charge is 0.310 e. The first-order valence-electron chi connectivity index (χ1n) is 6.43. The molecule has 1 aliphatic rings. The second-order valence-electron chi connectivity index (χ2n) is 4.94. The van der Waals surface area contributed by atoms with Gasteiger partial charge in [-0.05, 0) is 24.8 Å². The zero-order chi connectivity index (χ0) is 15.6. The van der Waals surface area contributed by atoms with Gasteiger partial charge in [0.25, 0.3) is 0 Å². The van der Waals surface area contributed by atoms with E-state index in [1.54, 1.807) is 0 Å². The minimum absolute atomic E-state index is 0.0899. The molecule has 8 nitrogen and oxygen atoms in total. The number of nitrogens with one attached hydrogen (secondary N) is 1. The van der Waals surface area contributed by atoms with Crippen LogP contribution < -0.4 is 15.2 Å². The molecule has 9 heteroatoms. The number of rotatable bonds is 7. The zero-order valence-corrected chi connectivity index (χ0v) is 12.3. The number of hydrogen-bond donors (Lipinski definition) is 2. The highest BCUT2D eigenvalue weighted by atomic mass is 32.2. The number of sulfonamides is 1. The summed E-state index contributed by atoms with van der Waals surface area (Å²) in [6.45, 7) is 0.145. The maximum absolute atomic E-state index is 12.1. The summed E-state index contributed by atoms with van der Waals surface area (Å²) in [5.74, 6) is 0.272. The minimum Gasteiger partial charge on any atom is -0.490 e. The van der Waals surface area contributed by atoms with Gasteiger partial charge in [0, 0.05) is 24.7 Å². The maximum Gasteiger partial charge on any atom is 0.310 e. The third kappa shape index (κ3) is 3.69. The molecule has 1 fully saturated rings. The lowest BCUT2D eigenvalue weighted by molar-refractivity contribution is -0.385. The molecule has 3 N–H and O–H groups in total. The molecule has 0 spiro atoms. The Kier molecular flexibility index (Phi) is 4.45. The number of ether oxygens (including phenoxy) is 1. The van der Waals surface area contributed by atoms with E-state index in [4.69, 9.17) is 10.5 Å². The van der Waals surface area contributed by atoms with Crippen LogP contribution in [0.1, 0.15) is 12.8 Å². The van der Waals surface area contributed by atoms with Crippen molar-refractivity contribution in [2.75, 3.05) is 13.7 Å². The van der Waals surface area contributed by atoms with E-state index < -0.39 is 14.9 Å². The van der Waals surface area contributed by atoms with Crippen molar-refractivity contribution in [2.24, 2.45) is 11.7 Å².